The summed E-state index contributed by atoms with van der Waals surface area (Å²) in [7, 11) is 0. The van der Waals surface area contributed by atoms with Crippen LogP contribution < -0.4 is 20.5 Å². The summed E-state index contributed by atoms with van der Waals surface area (Å²) >= 11 is 0. The SMILES string of the molecule is Nc1cccc(Nc2ccc3c(c2)OCCCO3)n1. The van der Waals surface area contributed by atoms with Crippen LogP contribution in [0, 0.1) is 0 Å². The normalized spacial score (nSPS) is 13.7. The number of nitrogens with zero attached hydrogens (tertiary/aromatic N) is 1. The molecule has 0 saturated carbocycles. The highest BCUT2D eigenvalue weighted by Gasteiger charge is 2.10. The Labute approximate surface area is 111 Å². The van der Waals surface area contributed by atoms with E-state index in [1.807, 2.05) is 30.3 Å². The van der Waals surface area contributed by atoms with Gasteiger partial charge in [-0.2, -0.15) is 0 Å². The highest BCUT2D eigenvalue weighted by atomic mass is 16.5. The predicted molar refractivity (Wildman–Crippen MR) is 74.0 cm³/mol. The van der Waals surface area contributed by atoms with E-state index in [1.165, 1.54) is 0 Å². The molecule has 0 spiro atoms. The molecule has 0 unspecified atom stereocenters. The first-order valence-electron chi connectivity index (χ1n) is 6.20. The van der Waals surface area contributed by atoms with Gasteiger partial charge < -0.3 is 20.5 Å². The molecule has 0 amide bonds. The molecule has 98 valence electrons. The first kappa shape index (κ1) is 11.6. The number of ether oxygens (including phenoxy) is 2. The molecule has 0 saturated heterocycles. The molecule has 5 nitrogen and oxygen atoms in total. The maximum atomic E-state index is 5.65. The van der Waals surface area contributed by atoms with E-state index in [1.54, 1.807) is 6.07 Å². The molecule has 0 fully saturated rings. The van der Waals surface area contributed by atoms with Crippen LogP contribution in [0.15, 0.2) is 36.4 Å². The molecule has 19 heavy (non-hydrogen) atoms. The van der Waals surface area contributed by atoms with Crippen molar-refractivity contribution in [3.05, 3.63) is 36.4 Å². The number of anilines is 3. The van der Waals surface area contributed by atoms with Crippen molar-refractivity contribution in [2.45, 2.75) is 6.42 Å². The van der Waals surface area contributed by atoms with E-state index >= 15 is 0 Å². The average Bonchev–Trinajstić information content (AvgIpc) is 2.63. The summed E-state index contributed by atoms with van der Waals surface area (Å²) in [5.41, 5.74) is 6.54. The van der Waals surface area contributed by atoms with Gasteiger partial charge in [-0.1, -0.05) is 6.07 Å². The van der Waals surface area contributed by atoms with E-state index in [0.717, 1.165) is 23.6 Å². The Bertz CT molecular complexity index is 587. The summed E-state index contributed by atoms with van der Waals surface area (Å²) in [4.78, 5) is 4.19. The van der Waals surface area contributed by atoms with Gasteiger partial charge in [0.25, 0.3) is 0 Å². The summed E-state index contributed by atoms with van der Waals surface area (Å²) in [6.45, 7) is 1.36. The molecule has 3 rings (SSSR count). The van der Waals surface area contributed by atoms with Crippen LogP contribution in [0.4, 0.5) is 17.3 Å². The number of nitrogens with two attached hydrogens (primary N) is 1. The molecule has 0 atom stereocenters. The van der Waals surface area contributed by atoms with Crippen molar-refractivity contribution in [2.75, 3.05) is 24.3 Å². The van der Waals surface area contributed by atoms with Crippen LogP contribution in [0.3, 0.4) is 0 Å². The number of pyridine rings is 1. The summed E-state index contributed by atoms with van der Waals surface area (Å²) < 4.78 is 11.2. The van der Waals surface area contributed by atoms with Gasteiger partial charge in [0.05, 0.1) is 13.2 Å². The summed E-state index contributed by atoms with van der Waals surface area (Å²) in [6.07, 6.45) is 0.897. The number of fused-ring (bicyclic) bond motifs is 1. The molecule has 0 aliphatic carbocycles. The third-order valence-corrected chi connectivity index (χ3v) is 2.79. The van der Waals surface area contributed by atoms with Gasteiger partial charge in [0.15, 0.2) is 11.5 Å². The van der Waals surface area contributed by atoms with Gasteiger partial charge in [-0.3, -0.25) is 0 Å². The summed E-state index contributed by atoms with van der Waals surface area (Å²) in [5.74, 6) is 2.73. The average molecular weight is 257 g/mol. The highest BCUT2D eigenvalue weighted by Crippen LogP contribution is 2.33. The largest absolute Gasteiger partial charge is 0.490 e. The minimum Gasteiger partial charge on any atom is -0.490 e. The van der Waals surface area contributed by atoms with Crippen LogP contribution in [0.2, 0.25) is 0 Å². The number of hydrogen-bond donors (Lipinski definition) is 2. The van der Waals surface area contributed by atoms with Crippen molar-refractivity contribution in [1.29, 1.82) is 0 Å². The number of rotatable bonds is 2. The highest BCUT2D eigenvalue weighted by molar-refractivity contribution is 5.62. The maximum Gasteiger partial charge on any atom is 0.163 e. The molecule has 0 radical (unpaired) electrons. The Morgan fingerprint density at radius 1 is 1.05 bits per heavy atom. The van der Waals surface area contributed by atoms with E-state index < -0.39 is 0 Å². The zero-order valence-corrected chi connectivity index (χ0v) is 10.4. The van der Waals surface area contributed by atoms with Gasteiger partial charge in [0.2, 0.25) is 0 Å². The Morgan fingerprint density at radius 2 is 1.89 bits per heavy atom. The first-order valence-corrected chi connectivity index (χ1v) is 6.20. The van der Waals surface area contributed by atoms with Crippen LogP contribution in [-0.4, -0.2) is 18.2 Å². The van der Waals surface area contributed by atoms with Crippen molar-refractivity contribution >= 4 is 17.3 Å². The Morgan fingerprint density at radius 3 is 2.74 bits per heavy atom. The van der Waals surface area contributed by atoms with E-state index in [2.05, 4.69) is 10.3 Å². The first-order chi connectivity index (χ1) is 9.31. The van der Waals surface area contributed by atoms with Crippen molar-refractivity contribution in [3.8, 4) is 11.5 Å². The second kappa shape index (κ2) is 5.06. The summed E-state index contributed by atoms with van der Waals surface area (Å²) in [5, 5.41) is 3.19. The van der Waals surface area contributed by atoms with Crippen LogP contribution in [-0.2, 0) is 0 Å². The van der Waals surface area contributed by atoms with Crippen LogP contribution in [0.5, 0.6) is 11.5 Å². The van der Waals surface area contributed by atoms with Crippen LogP contribution >= 0.6 is 0 Å². The fourth-order valence-electron chi connectivity index (χ4n) is 1.91. The molecule has 3 N–H and O–H groups in total. The van der Waals surface area contributed by atoms with Gasteiger partial charge in [-0.25, -0.2) is 4.98 Å². The lowest BCUT2D eigenvalue weighted by Crippen LogP contribution is -1.98. The van der Waals surface area contributed by atoms with Gasteiger partial charge in [0.1, 0.15) is 11.6 Å². The molecular weight excluding hydrogens is 242 g/mol. The molecule has 2 aromatic rings. The minimum absolute atomic E-state index is 0.486. The zero-order chi connectivity index (χ0) is 13.1. The Balaban J connectivity index is 1.84. The third kappa shape index (κ3) is 2.70. The quantitative estimate of drug-likeness (QED) is 0.865. The molecule has 1 aliphatic heterocycles. The van der Waals surface area contributed by atoms with Gasteiger partial charge >= 0.3 is 0 Å². The lowest BCUT2D eigenvalue weighted by molar-refractivity contribution is 0.297. The molecule has 1 aromatic heterocycles. The second-order valence-corrected chi connectivity index (χ2v) is 4.28. The fraction of sp³-hybridized carbons (Fsp3) is 0.214. The van der Waals surface area contributed by atoms with Crippen molar-refractivity contribution < 1.29 is 9.47 Å². The van der Waals surface area contributed by atoms with Crippen LogP contribution in [0.25, 0.3) is 0 Å². The van der Waals surface area contributed by atoms with Crippen molar-refractivity contribution in [1.82, 2.24) is 4.98 Å². The van der Waals surface area contributed by atoms with E-state index in [4.69, 9.17) is 15.2 Å². The zero-order valence-electron chi connectivity index (χ0n) is 10.4. The van der Waals surface area contributed by atoms with Gasteiger partial charge in [-0.05, 0) is 24.3 Å². The predicted octanol–water partition coefficient (Wildman–Crippen LogP) is 2.57. The number of nitrogen functional groups attached to an aromatic ring is 1. The summed E-state index contributed by atoms with van der Waals surface area (Å²) in [6, 6.07) is 11.2. The van der Waals surface area contributed by atoms with E-state index in [0.29, 0.717) is 24.8 Å². The van der Waals surface area contributed by atoms with E-state index in [9.17, 15) is 0 Å². The smallest absolute Gasteiger partial charge is 0.163 e. The van der Waals surface area contributed by atoms with Crippen molar-refractivity contribution in [3.63, 3.8) is 0 Å². The number of aromatic nitrogens is 1. The van der Waals surface area contributed by atoms with Gasteiger partial charge in [-0.15, -0.1) is 0 Å². The number of benzene rings is 1. The molecule has 1 aliphatic rings. The topological polar surface area (TPSA) is 69.4 Å². The third-order valence-electron chi connectivity index (χ3n) is 2.79. The molecule has 1 aromatic carbocycles. The molecule has 2 heterocycles. The van der Waals surface area contributed by atoms with Crippen molar-refractivity contribution in [2.24, 2.45) is 0 Å². The number of hydrogen-bond acceptors (Lipinski definition) is 5. The second-order valence-electron chi connectivity index (χ2n) is 4.28. The monoisotopic (exact) mass is 257 g/mol. The minimum atomic E-state index is 0.486. The van der Waals surface area contributed by atoms with E-state index in [-0.39, 0.29) is 0 Å². The number of nitrogens with one attached hydrogen (secondary N) is 1. The van der Waals surface area contributed by atoms with Gasteiger partial charge in [0, 0.05) is 18.2 Å². The lowest BCUT2D eigenvalue weighted by Gasteiger charge is -2.10. The standard InChI is InChI=1S/C14H15N3O2/c15-13-3-1-4-14(17-13)16-10-5-6-11-12(9-10)19-8-2-7-18-11/h1,3-6,9H,2,7-8H2,(H3,15,16,17). The molecular formula is C14H15N3O2. The molecule has 5 heteroatoms. The lowest BCUT2D eigenvalue weighted by atomic mass is 10.2. The van der Waals surface area contributed by atoms with Crippen LogP contribution in [0.1, 0.15) is 6.42 Å². The fourth-order valence-corrected chi connectivity index (χ4v) is 1.91. The molecule has 0 bridgehead atoms. The Hall–Kier alpha value is -2.43. The Kier molecular flexibility index (Phi) is 3.10. The maximum absolute atomic E-state index is 5.65.